The fourth-order valence-electron chi connectivity index (χ4n) is 1.59. The average molecular weight is 304 g/mol. The highest BCUT2D eigenvalue weighted by Crippen LogP contribution is 2.21. The van der Waals surface area contributed by atoms with Crippen LogP contribution in [0.5, 0.6) is 0 Å². The van der Waals surface area contributed by atoms with Gasteiger partial charge >= 0.3 is 0 Å². The van der Waals surface area contributed by atoms with Crippen LogP contribution in [0.15, 0.2) is 4.47 Å². The van der Waals surface area contributed by atoms with E-state index in [1.54, 1.807) is 0 Å². The summed E-state index contributed by atoms with van der Waals surface area (Å²) in [6, 6.07) is 0. The second-order valence-electron chi connectivity index (χ2n) is 3.99. The zero-order chi connectivity index (χ0) is 12.7. The molecule has 0 radical (unpaired) electrons. The maximum absolute atomic E-state index is 5.63. The molecule has 0 saturated carbocycles. The molecule has 0 aliphatic carbocycles. The number of nitrogens with zero attached hydrogens (tertiary/aromatic N) is 2. The van der Waals surface area contributed by atoms with Gasteiger partial charge in [0.1, 0.15) is 0 Å². The molecule has 0 aromatic carbocycles. The third-order valence-electron chi connectivity index (χ3n) is 2.59. The van der Waals surface area contributed by atoms with E-state index in [1.807, 2.05) is 11.7 Å². The van der Waals surface area contributed by atoms with E-state index >= 15 is 0 Å². The summed E-state index contributed by atoms with van der Waals surface area (Å²) >= 11 is 3.58. The molecule has 1 N–H and O–H groups in total. The lowest BCUT2D eigenvalue weighted by Crippen LogP contribution is -2.20. The van der Waals surface area contributed by atoms with Crippen LogP contribution in [0.4, 0.5) is 0 Å². The fraction of sp³-hybridized carbons (Fsp3) is 0.750. The molecule has 0 aliphatic rings. The Hall–Kier alpha value is -0.390. The van der Waals surface area contributed by atoms with Crippen molar-refractivity contribution in [3.8, 4) is 0 Å². The Bertz CT molecular complexity index is 339. The van der Waals surface area contributed by atoms with Crippen LogP contribution in [0.2, 0.25) is 0 Å². The van der Waals surface area contributed by atoms with Gasteiger partial charge in [-0.15, -0.1) is 0 Å². The van der Waals surface area contributed by atoms with Crippen LogP contribution < -0.4 is 5.32 Å². The lowest BCUT2D eigenvalue weighted by atomic mass is 10.3. The van der Waals surface area contributed by atoms with Crippen molar-refractivity contribution in [1.82, 2.24) is 15.1 Å². The molecule has 1 heterocycles. The van der Waals surface area contributed by atoms with Crippen molar-refractivity contribution in [1.29, 1.82) is 0 Å². The molecule has 1 aromatic rings. The second kappa shape index (κ2) is 7.84. The van der Waals surface area contributed by atoms with Gasteiger partial charge in [-0.1, -0.05) is 13.8 Å². The number of hydrogen-bond acceptors (Lipinski definition) is 3. The Labute approximate surface area is 112 Å². The highest BCUT2D eigenvalue weighted by Gasteiger charge is 2.11. The van der Waals surface area contributed by atoms with Crippen molar-refractivity contribution >= 4 is 15.9 Å². The van der Waals surface area contributed by atoms with Crippen LogP contribution in [0, 0.1) is 0 Å². The quantitative estimate of drug-likeness (QED) is 0.749. The van der Waals surface area contributed by atoms with E-state index in [0.29, 0.717) is 6.61 Å². The zero-order valence-electron chi connectivity index (χ0n) is 10.9. The molecule has 1 aromatic heterocycles. The van der Waals surface area contributed by atoms with Crippen molar-refractivity contribution in [2.24, 2.45) is 7.05 Å². The van der Waals surface area contributed by atoms with Gasteiger partial charge in [-0.2, -0.15) is 5.10 Å². The SMILES string of the molecule is CCCNCCOCc1c(Br)c(CC)nn1C. The minimum Gasteiger partial charge on any atom is -0.374 e. The van der Waals surface area contributed by atoms with E-state index in [0.717, 1.165) is 48.4 Å². The summed E-state index contributed by atoms with van der Waals surface area (Å²) in [5, 5.41) is 7.74. The van der Waals surface area contributed by atoms with Crippen molar-refractivity contribution in [2.75, 3.05) is 19.7 Å². The minimum absolute atomic E-state index is 0.609. The summed E-state index contributed by atoms with van der Waals surface area (Å²) < 4.78 is 8.61. The first-order chi connectivity index (χ1) is 8.20. The van der Waals surface area contributed by atoms with Gasteiger partial charge in [0, 0.05) is 13.6 Å². The number of hydrogen-bond donors (Lipinski definition) is 1. The van der Waals surface area contributed by atoms with Crippen molar-refractivity contribution < 1.29 is 4.74 Å². The number of nitrogens with one attached hydrogen (secondary N) is 1. The highest BCUT2D eigenvalue weighted by molar-refractivity contribution is 9.10. The number of ether oxygens (including phenoxy) is 1. The standard InChI is InChI=1S/C12H22BrN3O/c1-4-6-14-7-8-17-9-11-12(13)10(5-2)15-16(11)3/h14H,4-9H2,1-3H3. The molecule has 0 aliphatic heterocycles. The first-order valence-electron chi connectivity index (χ1n) is 6.19. The van der Waals surface area contributed by atoms with Crippen molar-refractivity contribution in [3.05, 3.63) is 15.9 Å². The summed E-state index contributed by atoms with van der Waals surface area (Å²) in [5.74, 6) is 0. The summed E-state index contributed by atoms with van der Waals surface area (Å²) in [6.45, 7) is 7.57. The molecule has 0 unspecified atom stereocenters. The molecule has 4 nitrogen and oxygen atoms in total. The van der Waals surface area contributed by atoms with Gasteiger partial charge in [-0.05, 0) is 35.3 Å². The van der Waals surface area contributed by atoms with Crippen LogP contribution >= 0.6 is 15.9 Å². The van der Waals surface area contributed by atoms with E-state index in [9.17, 15) is 0 Å². The predicted molar refractivity (Wildman–Crippen MR) is 73.1 cm³/mol. The van der Waals surface area contributed by atoms with E-state index in [2.05, 4.69) is 40.2 Å². The molecular formula is C12H22BrN3O. The number of aromatic nitrogens is 2. The van der Waals surface area contributed by atoms with Crippen LogP contribution in [-0.4, -0.2) is 29.5 Å². The molecular weight excluding hydrogens is 282 g/mol. The molecule has 0 bridgehead atoms. The first kappa shape index (κ1) is 14.7. The molecule has 98 valence electrons. The molecule has 5 heteroatoms. The van der Waals surface area contributed by atoms with Gasteiger partial charge in [-0.25, -0.2) is 0 Å². The van der Waals surface area contributed by atoms with Crippen LogP contribution in [0.25, 0.3) is 0 Å². The predicted octanol–water partition coefficient (Wildman–Crippen LogP) is 2.26. The van der Waals surface area contributed by atoms with Gasteiger partial charge in [0.2, 0.25) is 0 Å². The van der Waals surface area contributed by atoms with Crippen LogP contribution in [-0.2, 0) is 24.8 Å². The zero-order valence-corrected chi connectivity index (χ0v) is 12.5. The van der Waals surface area contributed by atoms with Gasteiger partial charge < -0.3 is 10.1 Å². The molecule has 0 amide bonds. The third kappa shape index (κ3) is 4.41. The highest BCUT2D eigenvalue weighted by atomic mass is 79.9. The molecule has 0 fully saturated rings. The van der Waals surface area contributed by atoms with E-state index in [1.165, 1.54) is 0 Å². The van der Waals surface area contributed by atoms with Crippen LogP contribution in [0.3, 0.4) is 0 Å². The van der Waals surface area contributed by atoms with Crippen LogP contribution in [0.1, 0.15) is 31.7 Å². The molecule has 0 atom stereocenters. The Kier molecular flexibility index (Phi) is 6.77. The van der Waals surface area contributed by atoms with E-state index in [-0.39, 0.29) is 0 Å². The Morgan fingerprint density at radius 1 is 1.35 bits per heavy atom. The van der Waals surface area contributed by atoms with E-state index in [4.69, 9.17) is 4.74 Å². The fourth-order valence-corrected chi connectivity index (χ4v) is 2.32. The molecule has 17 heavy (non-hydrogen) atoms. The Morgan fingerprint density at radius 2 is 2.12 bits per heavy atom. The van der Waals surface area contributed by atoms with Gasteiger partial charge in [0.05, 0.1) is 29.1 Å². The summed E-state index contributed by atoms with van der Waals surface area (Å²) in [7, 11) is 1.96. The number of halogens is 1. The molecule has 0 saturated heterocycles. The van der Waals surface area contributed by atoms with Gasteiger partial charge in [0.15, 0.2) is 0 Å². The van der Waals surface area contributed by atoms with Crippen molar-refractivity contribution in [2.45, 2.75) is 33.3 Å². The normalized spacial score (nSPS) is 11.1. The smallest absolute Gasteiger partial charge is 0.0896 e. The maximum Gasteiger partial charge on any atom is 0.0896 e. The van der Waals surface area contributed by atoms with Gasteiger partial charge in [-0.3, -0.25) is 4.68 Å². The lowest BCUT2D eigenvalue weighted by Gasteiger charge is -2.06. The number of aryl methyl sites for hydroxylation is 2. The summed E-state index contributed by atoms with van der Waals surface area (Å²) in [4.78, 5) is 0. The first-order valence-corrected chi connectivity index (χ1v) is 6.98. The van der Waals surface area contributed by atoms with E-state index < -0.39 is 0 Å². The lowest BCUT2D eigenvalue weighted by molar-refractivity contribution is 0.117. The number of rotatable bonds is 8. The maximum atomic E-state index is 5.63. The summed E-state index contributed by atoms with van der Waals surface area (Å²) in [5.41, 5.74) is 2.20. The summed E-state index contributed by atoms with van der Waals surface area (Å²) in [6.07, 6.45) is 2.10. The molecule has 0 spiro atoms. The minimum atomic E-state index is 0.609. The third-order valence-corrected chi connectivity index (χ3v) is 3.51. The topological polar surface area (TPSA) is 39.1 Å². The van der Waals surface area contributed by atoms with Crippen molar-refractivity contribution in [3.63, 3.8) is 0 Å². The Balaban J connectivity index is 2.34. The Morgan fingerprint density at radius 3 is 2.71 bits per heavy atom. The van der Waals surface area contributed by atoms with Gasteiger partial charge in [0.25, 0.3) is 0 Å². The molecule has 1 rings (SSSR count). The monoisotopic (exact) mass is 303 g/mol. The average Bonchev–Trinajstić information content (AvgIpc) is 2.60. The second-order valence-corrected chi connectivity index (χ2v) is 4.78. The largest absolute Gasteiger partial charge is 0.374 e.